The van der Waals surface area contributed by atoms with Gasteiger partial charge in [0.2, 0.25) is 0 Å². The Morgan fingerprint density at radius 3 is 1.42 bits per heavy atom. The third-order valence-electron chi connectivity index (χ3n) is 11.9. The fraction of sp³-hybridized carbons (Fsp3) is 0.291. The molecule has 9 rings (SSSR count). The van der Waals surface area contributed by atoms with Gasteiger partial charge in [-0.3, -0.25) is 0 Å². The van der Waals surface area contributed by atoms with Crippen LogP contribution in [0.3, 0.4) is 0 Å². The first-order valence-electron chi connectivity index (χ1n) is 22.8. The number of rotatable bonds is 17. The van der Waals surface area contributed by atoms with Gasteiger partial charge in [-0.1, -0.05) is 146 Å². The molecule has 0 saturated carbocycles. The van der Waals surface area contributed by atoms with E-state index >= 15 is 0 Å². The molecule has 14 heteroatoms. The van der Waals surface area contributed by atoms with Gasteiger partial charge in [0.05, 0.1) is 43.1 Å². The molecule has 3 fully saturated rings. The summed E-state index contributed by atoms with van der Waals surface area (Å²) in [4.78, 5) is 41.8. The van der Waals surface area contributed by atoms with E-state index in [1.807, 2.05) is 91.0 Å². The summed E-state index contributed by atoms with van der Waals surface area (Å²) in [6, 6.07) is 53.9. The lowest BCUT2D eigenvalue weighted by Crippen LogP contribution is -2.65. The molecule has 3 heterocycles. The number of hydrogen-bond acceptors (Lipinski definition) is 14. The van der Waals surface area contributed by atoms with Gasteiger partial charge >= 0.3 is 17.9 Å². The zero-order chi connectivity index (χ0) is 47.4. The predicted molar refractivity (Wildman–Crippen MR) is 247 cm³/mol. The molecule has 6 aromatic carbocycles. The van der Waals surface area contributed by atoms with Crippen molar-refractivity contribution in [1.82, 2.24) is 0 Å². The van der Waals surface area contributed by atoms with Gasteiger partial charge in [-0.2, -0.15) is 0 Å². The highest BCUT2D eigenvalue weighted by Crippen LogP contribution is 2.38. The van der Waals surface area contributed by atoms with Gasteiger partial charge in [-0.05, 0) is 47.5 Å². The van der Waals surface area contributed by atoms with Crippen molar-refractivity contribution in [3.05, 3.63) is 215 Å². The highest BCUT2D eigenvalue weighted by atomic mass is 16.8. The Balaban J connectivity index is 1.05. The Morgan fingerprint density at radius 2 is 0.913 bits per heavy atom. The zero-order valence-corrected chi connectivity index (χ0v) is 37.7. The molecule has 0 amide bonds. The molecule has 0 radical (unpaired) electrons. The van der Waals surface area contributed by atoms with Crippen LogP contribution in [0.2, 0.25) is 0 Å². The van der Waals surface area contributed by atoms with Gasteiger partial charge in [-0.15, -0.1) is 0 Å². The van der Waals surface area contributed by atoms with E-state index < -0.39 is 85.6 Å². The lowest BCUT2D eigenvalue weighted by molar-refractivity contribution is -0.377. The van der Waals surface area contributed by atoms with Crippen LogP contribution in [0.15, 0.2) is 182 Å². The number of hydrogen-bond donors (Lipinski definition) is 0. The number of benzene rings is 6. The molecule has 0 aliphatic carbocycles. The maximum absolute atomic E-state index is 14.1. The number of ether oxygens (including phenoxy) is 11. The van der Waals surface area contributed by atoms with Crippen LogP contribution >= 0.6 is 0 Å². The lowest BCUT2D eigenvalue weighted by Gasteiger charge is -2.49. The minimum atomic E-state index is -1.50. The van der Waals surface area contributed by atoms with Crippen molar-refractivity contribution >= 4 is 17.9 Å². The van der Waals surface area contributed by atoms with Crippen molar-refractivity contribution in [2.45, 2.75) is 80.9 Å². The smallest absolute Gasteiger partial charge is 0.338 e. The summed E-state index contributed by atoms with van der Waals surface area (Å²) >= 11 is 0. The Labute approximate surface area is 399 Å². The monoisotopic (exact) mass is 936 g/mol. The third-order valence-corrected chi connectivity index (χ3v) is 11.9. The molecular weight excluding hydrogens is 885 g/mol. The number of methoxy groups -OCH3 is 1. The molecule has 6 aromatic rings. The van der Waals surface area contributed by atoms with Crippen molar-refractivity contribution < 1.29 is 66.5 Å². The fourth-order valence-corrected chi connectivity index (χ4v) is 8.45. The average molecular weight is 937 g/mol. The van der Waals surface area contributed by atoms with Gasteiger partial charge < -0.3 is 52.1 Å². The Hall–Kier alpha value is -6.59. The summed E-state index contributed by atoms with van der Waals surface area (Å²) in [7, 11) is 1.36. The second kappa shape index (κ2) is 23.1. The van der Waals surface area contributed by atoms with Crippen molar-refractivity contribution in [2.24, 2.45) is 0 Å². The first-order chi connectivity index (χ1) is 33.9. The third kappa shape index (κ3) is 11.8. The van der Waals surface area contributed by atoms with E-state index in [2.05, 4.69) is 0 Å². The first-order valence-corrected chi connectivity index (χ1v) is 22.8. The Kier molecular flexibility index (Phi) is 15.9. The maximum Gasteiger partial charge on any atom is 0.338 e. The number of carbonyl (C=O) groups excluding carboxylic acids is 3. The molecule has 356 valence electrons. The van der Waals surface area contributed by atoms with E-state index in [0.29, 0.717) is 0 Å². The molecule has 3 aliphatic heterocycles. The molecule has 69 heavy (non-hydrogen) atoms. The van der Waals surface area contributed by atoms with Crippen LogP contribution in [0.5, 0.6) is 0 Å². The average Bonchev–Trinajstić information content (AvgIpc) is 3.41. The molecule has 0 aromatic heterocycles. The molecule has 0 bridgehead atoms. The fourth-order valence-electron chi connectivity index (χ4n) is 8.45. The normalized spacial score (nSPS) is 26.5. The van der Waals surface area contributed by atoms with Gasteiger partial charge in [0.15, 0.2) is 37.2 Å². The highest BCUT2D eigenvalue weighted by Gasteiger charge is 2.55. The van der Waals surface area contributed by atoms with Crippen molar-refractivity contribution in [1.29, 1.82) is 0 Å². The molecule has 3 saturated heterocycles. The van der Waals surface area contributed by atoms with Crippen molar-refractivity contribution in [2.75, 3.05) is 20.3 Å². The molecule has 14 nitrogen and oxygen atoms in total. The van der Waals surface area contributed by atoms with E-state index in [0.717, 1.165) is 16.7 Å². The van der Waals surface area contributed by atoms with Gasteiger partial charge in [0, 0.05) is 12.7 Å². The van der Waals surface area contributed by atoms with Crippen LogP contribution < -0.4 is 0 Å². The van der Waals surface area contributed by atoms with E-state index in [1.54, 1.807) is 91.0 Å². The first kappa shape index (κ1) is 47.5. The van der Waals surface area contributed by atoms with E-state index in [9.17, 15) is 14.4 Å². The Bertz CT molecular complexity index is 2540. The van der Waals surface area contributed by atoms with Crippen LogP contribution in [-0.2, 0) is 65.3 Å². The second-order valence-corrected chi connectivity index (χ2v) is 16.6. The SMILES string of the molecule is CO[C@H]1O[C@H](CO[C@H]2O[C@@H]3COC(c4ccccc4)O[C@H]3[C@H](OCc3ccccc3)[C@H]2OCc2ccccc2)[C@@H](OC(=O)c2ccccc2)[C@H](OC(=O)c2ccccc2)[C@@H]1OC(=O)c1ccccc1. The van der Waals surface area contributed by atoms with Gasteiger partial charge in [0.25, 0.3) is 0 Å². The van der Waals surface area contributed by atoms with E-state index in [4.69, 9.17) is 52.1 Å². The molecule has 0 N–H and O–H groups in total. The topological polar surface area (TPSA) is 153 Å². The van der Waals surface area contributed by atoms with Crippen LogP contribution in [0.4, 0.5) is 0 Å². The summed E-state index contributed by atoms with van der Waals surface area (Å²) in [5.74, 6) is -2.30. The molecule has 0 spiro atoms. The largest absolute Gasteiger partial charge is 0.452 e. The quantitative estimate of drug-likeness (QED) is 0.0640. The standard InChI is InChI=1S/C55H52O14/c1-59-54-49(68-52(58)40-28-16-6-17-29-40)47(67-51(57)39-26-14-5-15-27-39)45(66-50(56)38-24-12-4-13-25-38)43(64-54)35-63-55-48(61-33-37-22-10-3-11-23-37)46(60-32-36-20-8-2-9-21-36)44-42(65-55)34-62-53(69-44)41-30-18-7-19-31-41/h2-31,42-49,53-55H,32-35H2,1H3/t42-,43-,44-,45-,46+,47+,48-,49+,53?,54+,55+/m1/s1. The zero-order valence-electron chi connectivity index (χ0n) is 37.7. The van der Waals surface area contributed by atoms with Crippen LogP contribution in [-0.4, -0.2) is 99.6 Å². The van der Waals surface area contributed by atoms with E-state index in [1.165, 1.54) is 7.11 Å². The highest BCUT2D eigenvalue weighted by molar-refractivity contribution is 5.91. The van der Waals surface area contributed by atoms with Crippen LogP contribution in [0.1, 0.15) is 54.1 Å². The van der Waals surface area contributed by atoms with Crippen molar-refractivity contribution in [3.8, 4) is 0 Å². The minimum absolute atomic E-state index is 0.121. The predicted octanol–water partition coefficient (Wildman–Crippen LogP) is 8.06. The number of carbonyl (C=O) groups is 3. The van der Waals surface area contributed by atoms with Crippen LogP contribution in [0.25, 0.3) is 0 Å². The molecule has 11 atom stereocenters. The molecule has 1 unspecified atom stereocenters. The van der Waals surface area contributed by atoms with Gasteiger partial charge in [-0.25, -0.2) is 14.4 Å². The molecule has 3 aliphatic rings. The second-order valence-electron chi connectivity index (χ2n) is 16.6. The summed E-state index contributed by atoms with van der Waals surface area (Å²) in [6.45, 7) is 0.141. The Morgan fingerprint density at radius 1 is 0.464 bits per heavy atom. The van der Waals surface area contributed by atoms with Crippen molar-refractivity contribution in [3.63, 3.8) is 0 Å². The maximum atomic E-state index is 14.1. The number of esters is 3. The van der Waals surface area contributed by atoms with Crippen LogP contribution in [0, 0.1) is 0 Å². The minimum Gasteiger partial charge on any atom is -0.452 e. The lowest BCUT2D eigenvalue weighted by atomic mass is 9.96. The summed E-state index contributed by atoms with van der Waals surface area (Å²) in [6.07, 6.45) is -11.9. The summed E-state index contributed by atoms with van der Waals surface area (Å²) in [5, 5.41) is 0. The van der Waals surface area contributed by atoms with E-state index in [-0.39, 0.29) is 43.1 Å². The van der Waals surface area contributed by atoms with Gasteiger partial charge in [0.1, 0.15) is 30.5 Å². The summed E-state index contributed by atoms with van der Waals surface area (Å²) < 4.78 is 70.9. The summed E-state index contributed by atoms with van der Waals surface area (Å²) in [5.41, 5.74) is 3.26. The molecular formula is C55H52O14. The number of fused-ring (bicyclic) bond motifs is 1.